The molecule has 8 nitrogen and oxygen atoms in total. The number of ether oxygens (including phenoxy) is 1. The summed E-state index contributed by atoms with van der Waals surface area (Å²) in [5.41, 5.74) is 0. The van der Waals surface area contributed by atoms with Gasteiger partial charge in [-0.25, -0.2) is 0 Å². The Morgan fingerprint density at radius 2 is 1.96 bits per heavy atom. The van der Waals surface area contributed by atoms with Gasteiger partial charge < -0.3 is 18.5 Å². The number of nitrogens with zero attached hydrogens (tertiary/aromatic N) is 4. The minimum absolute atomic E-state index is 0.121. The second-order valence-electron chi connectivity index (χ2n) is 6.47. The first-order chi connectivity index (χ1) is 12.3. The highest BCUT2D eigenvalue weighted by molar-refractivity contribution is 5.79. The Bertz CT molecular complexity index is 685. The van der Waals surface area contributed by atoms with Crippen molar-refractivity contribution in [1.29, 1.82) is 0 Å². The van der Waals surface area contributed by atoms with E-state index in [1.54, 1.807) is 18.4 Å². The van der Waals surface area contributed by atoms with Crippen LogP contribution in [-0.2, 0) is 16.1 Å². The molecule has 0 aromatic carbocycles. The number of morpholine rings is 1. The number of carbonyl (C=O) groups is 1. The molecular weight excluding hydrogens is 324 g/mol. The Kier molecular flexibility index (Phi) is 4.80. The number of furan rings is 1. The first kappa shape index (κ1) is 16.3. The molecule has 0 N–H and O–H groups in total. The minimum atomic E-state index is 0.121. The second kappa shape index (κ2) is 7.37. The van der Waals surface area contributed by atoms with Gasteiger partial charge in [0.2, 0.25) is 11.8 Å². The summed E-state index contributed by atoms with van der Waals surface area (Å²) in [5, 5.41) is 8.11. The molecule has 134 valence electrons. The van der Waals surface area contributed by atoms with Crippen molar-refractivity contribution in [2.75, 3.05) is 39.4 Å². The predicted octanol–water partition coefficient (Wildman–Crippen LogP) is 1.40. The first-order valence-corrected chi connectivity index (χ1v) is 8.75. The summed E-state index contributed by atoms with van der Waals surface area (Å²) in [6, 6.07) is 3.58. The van der Waals surface area contributed by atoms with Gasteiger partial charge in [0.1, 0.15) is 0 Å². The maximum absolute atomic E-state index is 12.6. The highest BCUT2D eigenvalue weighted by atomic mass is 16.5. The van der Waals surface area contributed by atoms with Crippen molar-refractivity contribution in [2.24, 2.45) is 5.92 Å². The fourth-order valence-corrected chi connectivity index (χ4v) is 3.39. The third kappa shape index (κ3) is 3.74. The average molecular weight is 346 g/mol. The molecule has 0 unspecified atom stereocenters. The molecule has 0 spiro atoms. The summed E-state index contributed by atoms with van der Waals surface area (Å²) in [6.07, 6.45) is 3.32. The molecule has 4 rings (SSSR count). The summed E-state index contributed by atoms with van der Waals surface area (Å²) in [5.74, 6) is 1.95. The van der Waals surface area contributed by atoms with E-state index in [2.05, 4.69) is 15.1 Å². The highest BCUT2D eigenvalue weighted by Gasteiger charge is 2.29. The van der Waals surface area contributed by atoms with Crippen molar-refractivity contribution in [3.63, 3.8) is 0 Å². The van der Waals surface area contributed by atoms with Crippen LogP contribution >= 0.6 is 0 Å². The molecule has 8 heteroatoms. The number of rotatable bonds is 4. The van der Waals surface area contributed by atoms with E-state index in [-0.39, 0.29) is 11.8 Å². The maximum atomic E-state index is 12.6. The predicted molar refractivity (Wildman–Crippen MR) is 87.4 cm³/mol. The van der Waals surface area contributed by atoms with E-state index >= 15 is 0 Å². The number of piperidine rings is 1. The smallest absolute Gasteiger partial charge is 0.283 e. The van der Waals surface area contributed by atoms with Crippen molar-refractivity contribution < 1.29 is 18.4 Å². The summed E-state index contributed by atoms with van der Waals surface area (Å²) in [4.78, 5) is 16.7. The number of hydrogen-bond acceptors (Lipinski definition) is 7. The van der Waals surface area contributed by atoms with Gasteiger partial charge in [-0.15, -0.1) is 10.2 Å². The molecular formula is C17H22N4O4. The Morgan fingerprint density at radius 1 is 1.16 bits per heavy atom. The molecule has 0 saturated carbocycles. The second-order valence-corrected chi connectivity index (χ2v) is 6.47. The van der Waals surface area contributed by atoms with E-state index in [9.17, 15) is 4.79 Å². The van der Waals surface area contributed by atoms with Crippen molar-refractivity contribution >= 4 is 5.91 Å². The third-order valence-corrected chi connectivity index (χ3v) is 4.82. The molecule has 0 bridgehead atoms. The molecule has 2 aromatic heterocycles. The van der Waals surface area contributed by atoms with Crippen molar-refractivity contribution in [1.82, 2.24) is 20.0 Å². The van der Waals surface area contributed by atoms with E-state index in [4.69, 9.17) is 13.6 Å². The Morgan fingerprint density at radius 3 is 2.68 bits per heavy atom. The quantitative estimate of drug-likeness (QED) is 0.827. The number of likely N-dealkylation sites (tertiary alicyclic amines) is 1. The molecule has 2 aliphatic rings. The SMILES string of the molecule is O=C(C1CCN(Cc2nnc(-c3ccco3)o2)CC1)N1CCOCC1. The van der Waals surface area contributed by atoms with Gasteiger partial charge in [-0.2, -0.15) is 0 Å². The molecule has 25 heavy (non-hydrogen) atoms. The van der Waals surface area contributed by atoms with Gasteiger partial charge >= 0.3 is 0 Å². The van der Waals surface area contributed by atoms with Crippen LogP contribution in [-0.4, -0.2) is 65.3 Å². The van der Waals surface area contributed by atoms with E-state index in [0.29, 0.717) is 37.3 Å². The number of carbonyl (C=O) groups excluding carboxylic acids is 1. The molecule has 1 amide bonds. The lowest BCUT2D eigenvalue weighted by atomic mass is 9.95. The van der Waals surface area contributed by atoms with Crippen LogP contribution in [0.25, 0.3) is 11.7 Å². The van der Waals surface area contributed by atoms with E-state index in [0.717, 1.165) is 39.0 Å². The van der Waals surface area contributed by atoms with E-state index in [1.807, 2.05) is 4.90 Å². The fourth-order valence-electron chi connectivity index (χ4n) is 3.39. The zero-order valence-electron chi connectivity index (χ0n) is 14.1. The van der Waals surface area contributed by atoms with Crippen molar-refractivity contribution in [2.45, 2.75) is 19.4 Å². The molecule has 0 aliphatic carbocycles. The summed E-state index contributed by atoms with van der Waals surface area (Å²) >= 11 is 0. The van der Waals surface area contributed by atoms with Crippen LogP contribution in [0, 0.1) is 5.92 Å². The van der Waals surface area contributed by atoms with Gasteiger partial charge in [0.15, 0.2) is 5.76 Å². The molecule has 2 aromatic rings. The lowest BCUT2D eigenvalue weighted by Crippen LogP contribution is -2.46. The van der Waals surface area contributed by atoms with Crippen LogP contribution < -0.4 is 0 Å². The molecule has 4 heterocycles. The number of amides is 1. The van der Waals surface area contributed by atoms with Gasteiger partial charge in [0.05, 0.1) is 26.0 Å². The Labute approximate surface area is 145 Å². The highest BCUT2D eigenvalue weighted by Crippen LogP contribution is 2.23. The average Bonchev–Trinajstić information content (AvgIpc) is 3.34. The maximum Gasteiger partial charge on any atom is 0.283 e. The minimum Gasteiger partial charge on any atom is -0.459 e. The van der Waals surface area contributed by atoms with Crippen molar-refractivity contribution in [3.8, 4) is 11.7 Å². The lowest BCUT2D eigenvalue weighted by molar-refractivity contribution is -0.141. The summed E-state index contributed by atoms with van der Waals surface area (Å²) in [6.45, 7) is 5.07. The van der Waals surface area contributed by atoms with Crippen molar-refractivity contribution in [3.05, 3.63) is 24.3 Å². The van der Waals surface area contributed by atoms with Crippen LogP contribution in [0.3, 0.4) is 0 Å². The zero-order valence-corrected chi connectivity index (χ0v) is 14.1. The Balaban J connectivity index is 1.28. The van der Waals surface area contributed by atoms with Gasteiger partial charge in [-0.1, -0.05) is 0 Å². The van der Waals surface area contributed by atoms with Crippen LogP contribution in [0.15, 0.2) is 27.2 Å². The van der Waals surface area contributed by atoms with Gasteiger partial charge in [-0.3, -0.25) is 9.69 Å². The summed E-state index contributed by atoms with van der Waals surface area (Å²) in [7, 11) is 0. The molecule has 0 atom stereocenters. The van der Waals surface area contributed by atoms with Gasteiger partial charge in [-0.05, 0) is 38.1 Å². The number of hydrogen-bond donors (Lipinski definition) is 0. The van der Waals surface area contributed by atoms with Gasteiger partial charge in [0, 0.05) is 19.0 Å². The monoisotopic (exact) mass is 346 g/mol. The van der Waals surface area contributed by atoms with E-state index in [1.165, 1.54) is 0 Å². The molecule has 2 saturated heterocycles. The van der Waals surface area contributed by atoms with Gasteiger partial charge in [0.25, 0.3) is 5.89 Å². The Hall–Kier alpha value is -2.19. The van der Waals surface area contributed by atoms with Crippen LogP contribution in [0.1, 0.15) is 18.7 Å². The molecule has 2 aliphatic heterocycles. The fraction of sp³-hybridized carbons (Fsp3) is 0.588. The largest absolute Gasteiger partial charge is 0.459 e. The van der Waals surface area contributed by atoms with Crippen LogP contribution in [0.5, 0.6) is 0 Å². The first-order valence-electron chi connectivity index (χ1n) is 8.75. The standard InChI is InChI=1S/C17H22N4O4/c22-17(21-7-10-23-11-8-21)13-3-5-20(6-4-13)12-15-18-19-16(25-15)14-2-1-9-24-14/h1-2,9,13H,3-8,10-12H2. The zero-order chi connectivity index (χ0) is 17.1. The van der Waals surface area contributed by atoms with E-state index < -0.39 is 0 Å². The lowest BCUT2D eigenvalue weighted by Gasteiger charge is -2.35. The van der Waals surface area contributed by atoms with Crippen LogP contribution in [0.4, 0.5) is 0 Å². The molecule has 2 fully saturated rings. The third-order valence-electron chi connectivity index (χ3n) is 4.82. The van der Waals surface area contributed by atoms with Crippen LogP contribution in [0.2, 0.25) is 0 Å². The number of aromatic nitrogens is 2. The summed E-state index contributed by atoms with van der Waals surface area (Å²) < 4.78 is 16.2. The topological polar surface area (TPSA) is 84.8 Å². The molecule has 0 radical (unpaired) electrons. The normalized spacial score (nSPS) is 20.1.